The number of carboxylic acids is 1. The van der Waals surface area contributed by atoms with Crippen LogP contribution in [-0.4, -0.2) is 20.6 Å². The molecule has 21 heavy (non-hydrogen) atoms. The van der Waals surface area contributed by atoms with Crippen molar-refractivity contribution in [2.75, 3.05) is 0 Å². The Morgan fingerprint density at radius 2 is 2.24 bits per heavy atom. The number of hydrogen-bond donors (Lipinski definition) is 1. The van der Waals surface area contributed by atoms with Crippen molar-refractivity contribution in [3.8, 4) is 0 Å². The topological polar surface area (TPSA) is 55.1 Å². The molecule has 0 aliphatic carbocycles. The van der Waals surface area contributed by atoms with Gasteiger partial charge in [-0.05, 0) is 30.0 Å². The lowest BCUT2D eigenvalue weighted by Crippen LogP contribution is -2.08. The van der Waals surface area contributed by atoms with Gasteiger partial charge in [-0.1, -0.05) is 25.5 Å². The number of rotatable bonds is 5. The van der Waals surface area contributed by atoms with Crippen LogP contribution in [0, 0.1) is 0 Å². The second-order valence-corrected chi connectivity index (χ2v) is 5.93. The number of aromatic carboxylic acids is 1. The van der Waals surface area contributed by atoms with E-state index >= 15 is 0 Å². The molecule has 3 rings (SSSR count). The molecule has 0 amide bonds. The number of benzene rings is 1. The predicted molar refractivity (Wildman–Crippen MR) is 84.1 cm³/mol. The number of hydrogen-bond acceptors (Lipinski definition) is 3. The number of nitrogens with zero attached hydrogens (tertiary/aromatic N) is 2. The summed E-state index contributed by atoms with van der Waals surface area (Å²) in [5.74, 6) is -0.936. The Morgan fingerprint density at radius 3 is 2.90 bits per heavy atom. The Kier molecular flexibility index (Phi) is 3.75. The molecule has 0 aliphatic heterocycles. The van der Waals surface area contributed by atoms with E-state index < -0.39 is 5.97 Å². The molecule has 0 saturated heterocycles. The third kappa shape index (κ3) is 2.45. The SMILES string of the molecule is CCCC(c1cccs1)n1cnc2c(C(=O)O)cccc21. The molecule has 1 aromatic carbocycles. The van der Waals surface area contributed by atoms with Gasteiger partial charge in [-0.3, -0.25) is 0 Å². The van der Waals surface area contributed by atoms with Gasteiger partial charge in [0.05, 0.1) is 23.4 Å². The van der Waals surface area contributed by atoms with E-state index in [9.17, 15) is 9.90 Å². The zero-order valence-corrected chi connectivity index (χ0v) is 12.5. The van der Waals surface area contributed by atoms with Gasteiger partial charge in [0.25, 0.3) is 0 Å². The minimum absolute atomic E-state index is 0.212. The highest BCUT2D eigenvalue weighted by Gasteiger charge is 2.19. The van der Waals surface area contributed by atoms with Crippen molar-refractivity contribution >= 4 is 28.3 Å². The molecular weight excluding hydrogens is 284 g/mol. The van der Waals surface area contributed by atoms with Gasteiger partial charge in [0.15, 0.2) is 0 Å². The highest BCUT2D eigenvalue weighted by molar-refractivity contribution is 7.10. The first-order valence-electron chi connectivity index (χ1n) is 6.94. The van der Waals surface area contributed by atoms with Gasteiger partial charge in [-0.2, -0.15) is 0 Å². The molecule has 0 bridgehead atoms. The molecular formula is C16H16N2O2S. The number of aromatic nitrogens is 2. The first kappa shape index (κ1) is 13.8. The quantitative estimate of drug-likeness (QED) is 0.769. The van der Waals surface area contributed by atoms with Crippen LogP contribution in [-0.2, 0) is 0 Å². The van der Waals surface area contributed by atoms with Crippen LogP contribution in [0.15, 0.2) is 42.0 Å². The molecule has 0 spiro atoms. The fourth-order valence-corrected chi connectivity index (χ4v) is 3.51. The Morgan fingerprint density at radius 1 is 1.38 bits per heavy atom. The highest BCUT2D eigenvalue weighted by Crippen LogP contribution is 2.31. The van der Waals surface area contributed by atoms with E-state index in [0.717, 1.165) is 18.4 Å². The fourth-order valence-electron chi connectivity index (χ4n) is 2.65. The van der Waals surface area contributed by atoms with Crippen LogP contribution in [0.3, 0.4) is 0 Å². The lowest BCUT2D eigenvalue weighted by molar-refractivity contribution is 0.0699. The van der Waals surface area contributed by atoms with Crippen molar-refractivity contribution in [3.05, 3.63) is 52.5 Å². The highest BCUT2D eigenvalue weighted by atomic mass is 32.1. The zero-order chi connectivity index (χ0) is 14.8. The molecule has 0 saturated carbocycles. The molecule has 1 atom stereocenters. The second-order valence-electron chi connectivity index (χ2n) is 4.95. The summed E-state index contributed by atoms with van der Waals surface area (Å²) >= 11 is 1.72. The van der Waals surface area contributed by atoms with Gasteiger partial charge < -0.3 is 9.67 Å². The van der Waals surface area contributed by atoms with Crippen LogP contribution in [0.25, 0.3) is 11.0 Å². The van der Waals surface area contributed by atoms with Crippen LogP contribution in [0.1, 0.15) is 41.0 Å². The molecule has 0 fully saturated rings. The molecule has 0 radical (unpaired) electrons. The van der Waals surface area contributed by atoms with E-state index in [4.69, 9.17) is 0 Å². The molecule has 0 aliphatic rings. The molecule has 4 nitrogen and oxygen atoms in total. The summed E-state index contributed by atoms with van der Waals surface area (Å²) in [7, 11) is 0. The summed E-state index contributed by atoms with van der Waals surface area (Å²) in [5.41, 5.74) is 1.69. The van der Waals surface area contributed by atoms with Gasteiger partial charge in [-0.25, -0.2) is 9.78 Å². The number of thiophene rings is 1. The van der Waals surface area contributed by atoms with Crippen LogP contribution in [0.4, 0.5) is 0 Å². The van der Waals surface area contributed by atoms with Crippen molar-refractivity contribution < 1.29 is 9.90 Å². The summed E-state index contributed by atoms with van der Waals surface area (Å²) in [6.07, 6.45) is 3.82. The molecule has 2 heterocycles. The van der Waals surface area contributed by atoms with Crippen LogP contribution >= 0.6 is 11.3 Å². The molecule has 1 N–H and O–H groups in total. The first-order chi connectivity index (χ1) is 10.2. The van der Waals surface area contributed by atoms with Gasteiger partial charge in [0.1, 0.15) is 5.52 Å². The Hall–Kier alpha value is -2.14. The van der Waals surface area contributed by atoms with Crippen molar-refractivity contribution in [3.63, 3.8) is 0 Å². The maximum atomic E-state index is 11.3. The van der Waals surface area contributed by atoms with E-state index in [1.807, 2.05) is 12.1 Å². The monoisotopic (exact) mass is 300 g/mol. The minimum atomic E-state index is -0.936. The number of para-hydroxylation sites is 1. The average molecular weight is 300 g/mol. The summed E-state index contributed by atoms with van der Waals surface area (Å²) in [5, 5.41) is 11.3. The standard InChI is InChI=1S/C16H16N2O2S/c1-2-5-12(14-8-4-9-21-14)18-10-17-15-11(16(19)20)6-3-7-13(15)18/h3-4,6-10,12H,2,5H2,1H3,(H,19,20). The molecule has 2 aromatic heterocycles. The summed E-state index contributed by atoms with van der Waals surface area (Å²) < 4.78 is 2.09. The van der Waals surface area contributed by atoms with Crippen molar-refractivity contribution in [2.45, 2.75) is 25.8 Å². The lowest BCUT2D eigenvalue weighted by atomic mass is 10.1. The van der Waals surface area contributed by atoms with E-state index in [1.165, 1.54) is 4.88 Å². The maximum absolute atomic E-state index is 11.3. The number of imidazole rings is 1. The van der Waals surface area contributed by atoms with E-state index in [0.29, 0.717) is 5.52 Å². The van der Waals surface area contributed by atoms with Gasteiger partial charge in [0.2, 0.25) is 0 Å². The first-order valence-corrected chi connectivity index (χ1v) is 7.82. The number of fused-ring (bicyclic) bond motifs is 1. The van der Waals surface area contributed by atoms with E-state index in [2.05, 4.69) is 27.9 Å². The zero-order valence-electron chi connectivity index (χ0n) is 11.7. The maximum Gasteiger partial charge on any atom is 0.337 e. The molecule has 1 unspecified atom stereocenters. The van der Waals surface area contributed by atoms with Gasteiger partial charge in [0, 0.05) is 4.88 Å². The van der Waals surface area contributed by atoms with Crippen molar-refractivity contribution in [2.24, 2.45) is 0 Å². The largest absolute Gasteiger partial charge is 0.478 e. The second kappa shape index (κ2) is 5.69. The predicted octanol–water partition coefficient (Wildman–Crippen LogP) is 4.19. The summed E-state index contributed by atoms with van der Waals surface area (Å²) in [6, 6.07) is 9.69. The summed E-state index contributed by atoms with van der Waals surface area (Å²) in [4.78, 5) is 16.9. The normalized spacial score (nSPS) is 12.6. The van der Waals surface area contributed by atoms with Crippen LogP contribution in [0.2, 0.25) is 0 Å². The minimum Gasteiger partial charge on any atom is -0.478 e. The molecule has 108 valence electrons. The number of carboxylic acid groups (broad SMARTS) is 1. The average Bonchev–Trinajstić information content (AvgIpc) is 3.14. The van der Waals surface area contributed by atoms with Crippen molar-refractivity contribution in [1.29, 1.82) is 0 Å². The van der Waals surface area contributed by atoms with E-state index in [1.54, 1.807) is 29.8 Å². The van der Waals surface area contributed by atoms with Crippen LogP contribution < -0.4 is 0 Å². The third-order valence-corrected chi connectivity index (χ3v) is 4.58. The van der Waals surface area contributed by atoms with Gasteiger partial charge >= 0.3 is 5.97 Å². The Balaban J connectivity index is 2.15. The molecule has 5 heteroatoms. The smallest absolute Gasteiger partial charge is 0.337 e. The van der Waals surface area contributed by atoms with Crippen molar-refractivity contribution in [1.82, 2.24) is 9.55 Å². The van der Waals surface area contributed by atoms with Gasteiger partial charge in [-0.15, -0.1) is 11.3 Å². The van der Waals surface area contributed by atoms with Crippen LogP contribution in [0.5, 0.6) is 0 Å². The molecule has 3 aromatic rings. The Labute approximate surface area is 126 Å². The summed E-state index contributed by atoms with van der Waals surface area (Å²) in [6.45, 7) is 2.16. The fraction of sp³-hybridized carbons (Fsp3) is 0.250. The number of carbonyl (C=O) groups is 1. The lowest BCUT2D eigenvalue weighted by Gasteiger charge is -2.17. The van der Waals surface area contributed by atoms with E-state index in [-0.39, 0.29) is 11.6 Å². The third-order valence-electron chi connectivity index (χ3n) is 3.60. The Bertz CT molecular complexity index is 762.